The van der Waals surface area contributed by atoms with Gasteiger partial charge in [-0.25, -0.2) is 0 Å². The first kappa shape index (κ1) is 17.7. The van der Waals surface area contributed by atoms with Crippen molar-refractivity contribution in [3.8, 4) is 5.75 Å². The predicted molar refractivity (Wildman–Crippen MR) is 99.5 cm³/mol. The van der Waals surface area contributed by atoms with Gasteiger partial charge in [-0.3, -0.25) is 0 Å². The van der Waals surface area contributed by atoms with Crippen LogP contribution in [0.5, 0.6) is 5.75 Å². The van der Waals surface area contributed by atoms with Crippen molar-refractivity contribution < 1.29 is 4.74 Å². The topological polar surface area (TPSA) is 21.3 Å². The Morgan fingerprint density at radius 1 is 0.957 bits per heavy atom. The van der Waals surface area contributed by atoms with Crippen molar-refractivity contribution in [2.24, 2.45) is 0 Å². The molecule has 0 heterocycles. The molecule has 0 spiro atoms. The van der Waals surface area contributed by atoms with Crippen LogP contribution in [0.25, 0.3) is 0 Å². The molecule has 0 aromatic heterocycles. The van der Waals surface area contributed by atoms with E-state index in [4.69, 9.17) is 16.3 Å². The third-order valence-electron chi connectivity index (χ3n) is 3.76. The van der Waals surface area contributed by atoms with Gasteiger partial charge in [0, 0.05) is 23.3 Å². The molecule has 1 N–H and O–H groups in total. The van der Waals surface area contributed by atoms with Crippen LogP contribution in [-0.2, 0) is 6.54 Å². The maximum Gasteiger partial charge on any atom is 0.121 e. The minimum absolute atomic E-state index is 0.767. The fourth-order valence-corrected chi connectivity index (χ4v) is 2.52. The molecular weight excluding hydrogens is 306 g/mol. The Balaban J connectivity index is 1.74. The van der Waals surface area contributed by atoms with Gasteiger partial charge in [0.15, 0.2) is 0 Å². The molecule has 0 aliphatic rings. The largest absolute Gasteiger partial charge is 0.494 e. The quantitative estimate of drug-likeness (QED) is 0.516. The summed E-state index contributed by atoms with van der Waals surface area (Å²) in [5, 5.41) is 4.18. The molecule has 0 unspecified atom stereocenters. The molecular formula is C20H26ClNO. The zero-order valence-electron chi connectivity index (χ0n) is 13.9. The van der Waals surface area contributed by atoms with Crippen molar-refractivity contribution in [2.45, 2.75) is 45.6 Å². The molecule has 0 amide bonds. The molecule has 0 fully saturated rings. The van der Waals surface area contributed by atoms with Gasteiger partial charge in [-0.05, 0) is 36.2 Å². The Bertz CT molecular complexity index is 568. The van der Waals surface area contributed by atoms with Crippen LogP contribution in [0.15, 0.2) is 48.5 Å². The summed E-state index contributed by atoms with van der Waals surface area (Å²) < 4.78 is 5.84. The Morgan fingerprint density at radius 2 is 1.74 bits per heavy atom. The number of unbranched alkanes of at least 4 members (excludes halogenated alkanes) is 4. The van der Waals surface area contributed by atoms with Crippen LogP contribution in [0.3, 0.4) is 0 Å². The summed E-state index contributed by atoms with van der Waals surface area (Å²) in [5.41, 5.74) is 2.28. The first-order chi connectivity index (χ1) is 11.3. The van der Waals surface area contributed by atoms with Crippen molar-refractivity contribution in [3.63, 3.8) is 0 Å². The van der Waals surface area contributed by atoms with Crippen LogP contribution in [0.1, 0.15) is 44.6 Å². The average Bonchev–Trinajstić information content (AvgIpc) is 2.58. The molecule has 124 valence electrons. The Hall–Kier alpha value is -1.67. The van der Waals surface area contributed by atoms with E-state index in [0.29, 0.717) is 0 Å². The lowest BCUT2D eigenvalue weighted by Crippen LogP contribution is -2.01. The molecule has 0 bridgehead atoms. The summed E-state index contributed by atoms with van der Waals surface area (Å²) >= 11 is 5.90. The van der Waals surface area contributed by atoms with Gasteiger partial charge in [-0.2, -0.15) is 0 Å². The van der Waals surface area contributed by atoms with E-state index in [1.807, 2.05) is 36.4 Å². The number of nitrogens with one attached hydrogen (secondary N) is 1. The fraction of sp³-hybridized carbons (Fsp3) is 0.400. The molecule has 23 heavy (non-hydrogen) atoms. The van der Waals surface area contributed by atoms with Crippen LogP contribution in [0.2, 0.25) is 5.02 Å². The third kappa shape index (κ3) is 6.96. The van der Waals surface area contributed by atoms with Crippen LogP contribution in [-0.4, -0.2) is 6.61 Å². The fourth-order valence-electron chi connectivity index (χ4n) is 2.40. The van der Waals surface area contributed by atoms with Crippen molar-refractivity contribution in [1.29, 1.82) is 0 Å². The van der Waals surface area contributed by atoms with E-state index in [1.165, 1.54) is 31.2 Å². The molecule has 2 aromatic rings. The van der Waals surface area contributed by atoms with E-state index in [9.17, 15) is 0 Å². The molecule has 0 radical (unpaired) electrons. The summed E-state index contributed by atoms with van der Waals surface area (Å²) in [6.45, 7) is 3.81. The minimum Gasteiger partial charge on any atom is -0.494 e. The second-order valence-electron chi connectivity index (χ2n) is 5.77. The van der Waals surface area contributed by atoms with Crippen molar-refractivity contribution >= 4 is 17.3 Å². The van der Waals surface area contributed by atoms with E-state index in [2.05, 4.69) is 24.4 Å². The highest BCUT2D eigenvalue weighted by atomic mass is 35.5. The lowest BCUT2D eigenvalue weighted by Gasteiger charge is -2.10. The van der Waals surface area contributed by atoms with Gasteiger partial charge >= 0.3 is 0 Å². The highest BCUT2D eigenvalue weighted by molar-refractivity contribution is 6.30. The molecule has 0 saturated heterocycles. The molecule has 0 aliphatic carbocycles. The molecule has 2 rings (SSSR count). The first-order valence-corrected chi connectivity index (χ1v) is 8.87. The summed E-state index contributed by atoms with van der Waals surface area (Å²) in [6.07, 6.45) is 6.29. The van der Waals surface area contributed by atoms with E-state index in [-0.39, 0.29) is 0 Å². The summed E-state index contributed by atoms with van der Waals surface area (Å²) in [5.74, 6) is 0.932. The monoisotopic (exact) mass is 331 g/mol. The molecule has 3 heteroatoms. The SMILES string of the molecule is CCCCCCCOc1cccc(NCc2ccc(Cl)cc2)c1. The van der Waals surface area contributed by atoms with Crippen molar-refractivity contribution in [1.82, 2.24) is 0 Å². The second-order valence-corrected chi connectivity index (χ2v) is 6.21. The van der Waals surface area contributed by atoms with E-state index in [1.54, 1.807) is 0 Å². The van der Waals surface area contributed by atoms with Gasteiger partial charge in [0.05, 0.1) is 6.61 Å². The second kappa shape index (κ2) is 10.2. The highest BCUT2D eigenvalue weighted by Crippen LogP contribution is 2.19. The van der Waals surface area contributed by atoms with Gasteiger partial charge < -0.3 is 10.1 Å². The Morgan fingerprint density at radius 3 is 2.52 bits per heavy atom. The van der Waals surface area contributed by atoms with E-state index in [0.717, 1.165) is 36.0 Å². The standard InChI is InChI=1S/C20H26ClNO/c1-2-3-4-5-6-14-23-20-9-7-8-19(15-20)22-16-17-10-12-18(21)13-11-17/h7-13,15,22H,2-6,14,16H2,1H3. The van der Waals surface area contributed by atoms with Gasteiger partial charge in [0.25, 0.3) is 0 Å². The Labute approximate surface area is 144 Å². The van der Waals surface area contributed by atoms with Gasteiger partial charge in [-0.15, -0.1) is 0 Å². The van der Waals surface area contributed by atoms with E-state index < -0.39 is 0 Å². The smallest absolute Gasteiger partial charge is 0.121 e. The van der Waals surface area contributed by atoms with Crippen LogP contribution >= 0.6 is 11.6 Å². The van der Waals surface area contributed by atoms with Gasteiger partial charge in [-0.1, -0.05) is 62.4 Å². The highest BCUT2D eigenvalue weighted by Gasteiger charge is 1.98. The number of ether oxygens (including phenoxy) is 1. The van der Waals surface area contributed by atoms with Crippen LogP contribution in [0.4, 0.5) is 5.69 Å². The number of hydrogen-bond acceptors (Lipinski definition) is 2. The molecule has 0 atom stereocenters. The predicted octanol–water partition coefficient (Wildman–Crippen LogP) is 6.30. The van der Waals surface area contributed by atoms with E-state index >= 15 is 0 Å². The lowest BCUT2D eigenvalue weighted by atomic mass is 10.2. The number of anilines is 1. The number of benzene rings is 2. The number of rotatable bonds is 10. The molecule has 2 aromatic carbocycles. The molecule has 2 nitrogen and oxygen atoms in total. The van der Waals surface area contributed by atoms with Crippen LogP contribution < -0.4 is 10.1 Å². The normalized spacial score (nSPS) is 10.5. The lowest BCUT2D eigenvalue weighted by molar-refractivity contribution is 0.304. The Kier molecular flexibility index (Phi) is 7.82. The van der Waals surface area contributed by atoms with Crippen LogP contribution in [0, 0.1) is 0 Å². The van der Waals surface area contributed by atoms with Crippen molar-refractivity contribution in [3.05, 3.63) is 59.1 Å². The summed E-state index contributed by atoms with van der Waals surface area (Å²) in [4.78, 5) is 0. The zero-order valence-corrected chi connectivity index (χ0v) is 14.6. The summed E-state index contributed by atoms with van der Waals surface area (Å²) in [7, 11) is 0. The average molecular weight is 332 g/mol. The third-order valence-corrected chi connectivity index (χ3v) is 4.01. The maximum atomic E-state index is 5.90. The number of hydrogen-bond donors (Lipinski definition) is 1. The van der Waals surface area contributed by atoms with Crippen molar-refractivity contribution in [2.75, 3.05) is 11.9 Å². The molecule has 0 aliphatic heterocycles. The molecule has 0 saturated carbocycles. The maximum absolute atomic E-state index is 5.90. The summed E-state index contributed by atoms with van der Waals surface area (Å²) in [6, 6.07) is 16.0. The van der Waals surface area contributed by atoms with Gasteiger partial charge in [0.1, 0.15) is 5.75 Å². The first-order valence-electron chi connectivity index (χ1n) is 8.49. The zero-order chi connectivity index (χ0) is 16.3. The number of halogens is 1. The minimum atomic E-state index is 0.767. The van der Waals surface area contributed by atoms with Gasteiger partial charge in [0.2, 0.25) is 0 Å².